The van der Waals surface area contributed by atoms with Crippen LogP contribution in [0.4, 0.5) is 39.4 Å². The average molecular weight is 334 g/mol. The van der Waals surface area contributed by atoms with Gasteiger partial charge in [-0.25, -0.2) is 13.8 Å². The van der Waals surface area contributed by atoms with Crippen molar-refractivity contribution in [2.24, 2.45) is 0 Å². The number of hydrogen-bond donors (Lipinski definition) is 3. The minimum absolute atomic E-state index is 0.0885. The zero-order chi connectivity index (χ0) is 17.0. The summed E-state index contributed by atoms with van der Waals surface area (Å²) < 4.78 is 65.6. The third-order valence-corrected chi connectivity index (χ3v) is 2.63. The second-order valence-electron chi connectivity index (χ2n) is 4.33. The van der Waals surface area contributed by atoms with Crippen molar-refractivity contribution in [2.75, 3.05) is 23.8 Å². The van der Waals surface area contributed by atoms with Crippen molar-refractivity contribution >= 4 is 17.5 Å². The van der Waals surface area contributed by atoms with Crippen molar-refractivity contribution in [3.05, 3.63) is 41.6 Å². The predicted molar refractivity (Wildman–Crippen MR) is 72.3 cm³/mol. The Morgan fingerprint density at radius 3 is 2.30 bits per heavy atom. The molecular formula is C13H11F5N4O. The van der Waals surface area contributed by atoms with Crippen LogP contribution in [0.25, 0.3) is 0 Å². The molecule has 0 saturated heterocycles. The molecule has 1 aromatic carbocycles. The van der Waals surface area contributed by atoms with Gasteiger partial charge < -0.3 is 15.7 Å². The fourth-order valence-corrected chi connectivity index (χ4v) is 1.65. The van der Waals surface area contributed by atoms with E-state index in [0.29, 0.717) is 6.07 Å². The quantitative estimate of drug-likeness (QED) is 0.734. The molecule has 0 radical (unpaired) electrons. The Hall–Kier alpha value is -2.49. The van der Waals surface area contributed by atoms with Crippen LogP contribution in [0.2, 0.25) is 0 Å². The number of aromatic nitrogens is 2. The Morgan fingerprint density at radius 2 is 1.74 bits per heavy atom. The summed E-state index contributed by atoms with van der Waals surface area (Å²) in [6, 6.07) is 3.53. The molecule has 10 heteroatoms. The van der Waals surface area contributed by atoms with E-state index in [0.717, 1.165) is 18.2 Å². The summed E-state index contributed by atoms with van der Waals surface area (Å²) in [4.78, 5) is 6.93. The van der Waals surface area contributed by atoms with Gasteiger partial charge in [0.05, 0.1) is 6.61 Å². The zero-order valence-corrected chi connectivity index (χ0v) is 11.5. The lowest BCUT2D eigenvalue weighted by Crippen LogP contribution is -2.15. The Balaban J connectivity index is 2.40. The van der Waals surface area contributed by atoms with Crippen LogP contribution < -0.4 is 10.6 Å². The third kappa shape index (κ3) is 4.25. The molecule has 2 aromatic rings. The molecule has 0 saturated carbocycles. The van der Waals surface area contributed by atoms with Gasteiger partial charge in [0.25, 0.3) is 0 Å². The summed E-state index contributed by atoms with van der Waals surface area (Å²) in [5.74, 6) is -2.85. The number of alkyl halides is 3. The van der Waals surface area contributed by atoms with Crippen LogP contribution in [-0.2, 0) is 6.18 Å². The lowest BCUT2D eigenvalue weighted by atomic mass is 10.3. The number of aliphatic hydroxyl groups is 1. The number of benzene rings is 1. The maximum Gasteiger partial charge on any atom is 0.433 e. The summed E-state index contributed by atoms with van der Waals surface area (Å²) >= 11 is 0. The normalized spacial score (nSPS) is 11.4. The average Bonchev–Trinajstić information content (AvgIpc) is 2.48. The number of hydrogen-bond acceptors (Lipinski definition) is 5. The van der Waals surface area contributed by atoms with Crippen molar-refractivity contribution in [2.45, 2.75) is 6.18 Å². The molecule has 1 heterocycles. The molecule has 3 N–H and O–H groups in total. The molecule has 124 valence electrons. The highest BCUT2D eigenvalue weighted by Crippen LogP contribution is 2.31. The lowest BCUT2D eigenvalue weighted by molar-refractivity contribution is -0.141. The molecule has 0 unspecified atom stereocenters. The van der Waals surface area contributed by atoms with Gasteiger partial charge in [0.2, 0.25) is 5.95 Å². The van der Waals surface area contributed by atoms with E-state index in [1.165, 1.54) is 0 Å². The van der Waals surface area contributed by atoms with Crippen molar-refractivity contribution in [1.29, 1.82) is 0 Å². The minimum Gasteiger partial charge on any atom is -0.395 e. The Kier molecular flexibility index (Phi) is 4.94. The van der Waals surface area contributed by atoms with E-state index < -0.39 is 41.0 Å². The van der Waals surface area contributed by atoms with Crippen LogP contribution >= 0.6 is 0 Å². The van der Waals surface area contributed by atoms with Gasteiger partial charge in [0.1, 0.15) is 23.1 Å². The lowest BCUT2D eigenvalue weighted by Gasteiger charge is -2.13. The van der Waals surface area contributed by atoms with Gasteiger partial charge in [0.15, 0.2) is 5.69 Å². The van der Waals surface area contributed by atoms with E-state index in [-0.39, 0.29) is 13.2 Å². The Bertz CT molecular complexity index is 672. The molecule has 0 spiro atoms. The minimum atomic E-state index is -4.78. The molecule has 1 aromatic heterocycles. The largest absolute Gasteiger partial charge is 0.433 e. The molecule has 0 aliphatic heterocycles. The van der Waals surface area contributed by atoms with Crippen molar-refractivity contribution in [3.63, 3.8) is 0 Å². The van der Waals surface area contributed by atoms with Gasteiger partial charge in [0, 0.05) is 12.6 Å². The Morgan fingerprint density at radius 1 is 1.09 bits per heavy atom. The first-order valence-electron chi connectivity index (χ1n) is 6.33. The Labute approximate surface area is 127 Å². The molecule has 5 nitrogen and oxygen atoms in total. The van der Waals surface area contributed by atoms with Crippen LogP contribution in [0.1, 0.15) is 5.69 Å². The first-order valence-corrected chi connectivity index (χ1v) is 6.33. The van der Waals surface area contributed by atoms with E-state index >= 15 is 0 Å². The van der Waals surface area contributed by atoms with E-state index in [9.17, 15) is 22.0 Å². The van der Waals surface area contributed by atoms with E-state index in [1.54, 1.807) is 0 Å². The first kappa shape index (κ1) is 16.9. The number of aliphatic hydroxyl groups excluding tert-OH is 1. The summed E-state index contributed by atoms with van der Waals surface area (Å²) in [5.41, 5.74) is -1.93. The molecule has 23 heavy (non-hydrogen) atoms. The number of rotatable bonds is 5. The van der Waals surface area contributed by atoms with E-state index in [2.05, 4.69) is 20.6 Å². The number of anilines is 3. The topological polar surface area (TPSA) is 70.1 Å². The molecule has 0 bridgehead atoms. The van der Waals surface area contributed by atoms with Crippen LogP contribution in [0.15, 0.2) is 24.3 Å². The number of para-hydroxylation sites is 1. The number of nitrogens with one attached hydrogen (secondary N) is 2. The van der Waals surface area contributed by atoms with Crippen molar-refractivity contribution < 1.29 is 27.1 Å². The standard InChI is InChI=1S/C13H11F5N4O/c14-7-2-1-3-8(15)11(7)21-10-6-9(13(16,17)18)20-12(22-10)19-4-5-23/h1-3,6,23H,4-5H2,(H2,19,20,21,22). The monoisotopic (exact) mass is 334 g/mol. The van der Waals surface area contributed by atoms with Gasteiger partial charge in [-0.1, -0.05) is 6.07 Å². The molecular weight excluding hydrogens is 323 g/mol. The zero-order valence-electron chi connectivity index (χ0n) is 11.5. The molecule has 0 fully saturated rings. The van der Waals surface area contributed by atoms with Gasteiger partial charge in [-0.3, -0.25) is 0 Å². The highest BCUT2D eigenvalue weighted by atomic mass is 19.4. The van der Waals surface area contributed by atoms with Crippen LogP contribution in [0.5, 0.6) is 0 Å². The van der Waals surface area contributed by atoms with E-state index in [1.807, 2.05) is 0 Å². The summed E-state index contributed by atoms with van der Waals surface area (Å²) in [5, 5.41) is 13.2. The van der Waals surface area contributed by atoms with Gasteiger partial charge in [-0.05, 0) is 12.1 Å². The maximum atomic E-state index is 13.6. The summed E-state index contributed by atoms with van der Waals surface area (Å²) in [7, 11) is 0. The van der Waals surface area contributed by atoms with Gasteiger partial charge in [-0.15, -0.1) is 0 Å². The molecule has 0 amide bonds. The molecule has 0 atom stereocenters. The highest BCUT2D eigenvalue weighted by molar-refractivity contribution is 5.59. The second kappa shape index (κ2) is 6.73. The fraction of sp³-hybridized carbons (Fsp3) is 0.231. The number of halogens is 5. The summed E-state index contributed by atoms with van der Waals surface area (Å²) in [6.45, 7) is -0.445. The van der Waals surface area contributed by atoms with Gasteiger partial charge in [-0.2, -0.15) is 18.2 Å². The van der Waals surface area contributed by atoms with Crippen molar-refractivity contribution in [1.82, 2.24) is 9.97 Å². The first-order chi connectivity index (χ1) is 10.8. The van der Waals surface area contributed by atoms with Crippen LogP contribution in [0.3, 0.4) is 0 Å². The molecule has 2 rings (SSSR count). The predicted octanol–water partition coefficient (Wildman–Crippen LogP) is 2.92. The smallest absolute Gasteiger partial charge is 0.395 e. The van der Waals surface area contributed by atoms with Crippen LogP contribution in [0, 0.1) is 11.6 Å². The summed E-state index contributed by atoms with van der Waals surface area (Å²) in [6.07, 6.45) is -4.78. The maximum absolute atomic E-state index is 13.6. The second-order valence-corrected chi connectivity index (χ2v) is 4.33. The molecule has 0 aliphatic carbocycles. The third-order valence-electron chi connectivity index (χ3n) is 2.63. The van der Waals surface area contributed by atoms with Crippen molar-refractivity contribution in [3.8, 4) is 0 Å². The van der Waals surface area contributed by atoms with E-state index in [4.69, 9.17) is 5.11 Å². The number of nitrogens with zero attached hydrogens (tertiary/aromatic N) is 2. The highest BCUT2D eigenvalue weighted by Gasteiger charge is 2.34. The SMILES string of the molecule is OCCNc1nc(Nc2c(F)cccc2F)cc(C(F)(F)F)n1. The fourth-order valence-electron chi connectivity index (χ4n) is 1.65. The molecule has 0 aliphatic rings. The van der Waals surface area contributed by atoms with Gasteiger partial charge >= 0.3 is 6.18 Å². The van der Waals surface area contributed by atoms with Crippen LogP contribution in [-0.4, -0.2) is 28.2 Å².